The number of carbonyl (C=O) groups excluding carboxylic acids is 3. The largest absolute Gasteiger partial charge is 0.385 e. The van der Waals surface area contributed by atoms with Gasteiger partial charge in [0.1, 0.15) is 17.8 Å². The van der Waals surface area contributed by atoms with Crippen molar-refractivity contribution in [1.29, 1.82) is 0 Å². The summed E-state index contributed by atoms with van der Waals surface area (Å²) in [6, 6.07) is 6.36. The van der Waals surface area contributed by atoms with Gasteiger partial charge in [0.05, 0.1) is 23.1 Å². The summed E-state index contributed by atoms with van der Waals surface area (Å²) in [6.07, 6.45) is 5.58. The SMILES string of the molecule is CNc1cn[nH]c1C(N)=O.Cc1cc(-c2ccc(C(=O)C3CCCCC3C=O)c(F)c2)n[nH]1. The Morgan fingerprint density at radius 2 is 1.97 bits per heavy atom. The molecule has 4 rings (SSSR count). The van der Waals surface area contributed by atoms with E-state index in [1.807, 2.05) is 13.0 Å². The van der Waals surface area contributed by atoms with Crippen molar-refractivity contribution in [3.05, 3.63) is 53.2 Å². The van der Waals surface area contributed by atoms with Crippen LogP contribution in [0.1, 0.15) is 52.2 Å². The highest BCUT2D eigenvalue weighted by Gasteiger charge is 2.32. The standard InChI is InChI=1S/C18H19FN2O2.C5H8N4O/c1-11-8-17(21-20-11)12-6-7-15(16(19)9-12)18(23)14-5-3-2-4-13(14)10-22;1-7-3-2-8-9-4(3)5(6)10/h6-10,13-14H,2-5H2,1H3,(H,20,21);2,7H,1H3,(H2,6,10)(H,8,9). The number of nitrogens with zero attached hydrogens (tertiary/aromatic N) is 2. The molecule has 1 aliphatic carbocycles. The molecule has 1 fully saturated rings. The molecule has 0 aliphatic heterocycles. The van der Waals surface area contributed by atoms with Gasteiger partial charge in [0.25, 0.3) is 5.91 Å². The van der Waals surface area contributed by atoms with E-state index in [0.29, 0.717) is 35.5 Å². The van der Waals surface area contributed by atoms with Gasteiger partial charge in [-0.2, -0.15) is 10.2 Å². The van der Waals surface area contributed by atoms with Gasteiger partial charge in [0, 0.05) is 30.1 Å². The molecule has 1 aromatic carbocycles. The summed E-state index contributed by atoms with van der Waals surface area (Å²) in [5, 5.41) is 15.8. The number of aryl methyl sites for hydroxylation is 1. The molecule has 9 nitrogen and oxygen atoms in total. The van der Waals surface area contributed by atoms with Crippen molar-refractivity contribution in [3.8, 4) is 11.3 Å². The molecule has 1 saturated carbocycles. The first-order valence-corrected chi connectivity index (χ1v) is 10.7. The zero-order valence-corrected chi connectivity index (χ0v) is 18.5. The van der Waals surface area contributed by atoms with E-state index < -0.39 is 17.6 Å². The van der Waals surface area contributed by atoms with Crippen LogP contribution in [0.15, 0.2) is 30.5 Å². The smallest absolute Gasteiger partial charge is 0.268 e. The Morgan fingerprint density at radius 3 is 2.55 bits per heavy atom. The van der Waals surface area contributed by atoms with Crippen LogP contribution in [0.2, 0.25) is 0 Å². The molecular weight excluding hydrogens is 427 g/mol. The van der Waals surface area contributed by atoms with E-state index in [9.17, 15) is 18.8 Å². The molecule has 174 valence electrons. The van der Waals surface area contributed by atoms with Crippen molar-refractivity contribution in [1.82, 2.24) is 20.4 Å². The number of Topliss-reactive ketones (excluding diaryl/α,β-unsaturated/α-hetero) is 1. The Bertz CT molecular complexity index is 1140. The summed E-state index contributed by atoms with van der Waals surface area (Å²) in [7, 11) is 1.69. The lowest BCUT2D eigenvalue weighted by molar-refractivity contribution is -0.113. The van der Waals surface area contributed by atoms with Crippen LogP contribution < -0.4 is 11.1 Å². The Balaban J connectivity index is 0.000000257. The highest BCUT2D eigenvalue weighted by Crippen LogP contribution is 2.32. The van der Waals surface area contributed by atoms with Crippen molar-refractivity contribution in [2.24, 2.45) is 17.6 Å². The van der Waals surface area contributed by atoms with Crippen LogP contribution in [-0.2, 0) is 4.79 Å². The van der Waals surface area contributed by atoms with Crippen LogP contribution in [0.4, 0.5) is 10.1 Å². The molecule has 2 aromatic heterocycles. The Hall–Kier alpha value is -3.82. The van der Waals surface area contributed by atoms with E-state index in [1.165, 1.54) is 18.3 Å². The van der Waals surface area contributed by atoms with Crippen LogP contribution in [0.25, 0.3) is 11.3 Å². The average Bonchev–Trinajstić information content (AvgIpc) is 3.48. The zero-order valence-electron chi connectivity index (χ0n) is 18.5. The summed E-state index contributed by atoms with van der Waals surface area (Å²) < 4.78 is 14.4. The molecule has 3 aromatic rings. The maximum atomic E-state index is 14.4. The fourth-order valence-corrected chi connectivity index (χ4v) is 3.95. The predicted molar refractivity (Wildman–Crippen MR) is 121 cm³/mol. The fourth-order valence-electron chi connectivity index (χ4n) is 3.95. The quantitative estimate of drug-likeness (QED) is 0.332. The Morgan fingerprint density at radius 1 is 1.21 bits per heavy atom. The average molecular weight is 455 g/mol. The van der Waals surface area contributed by atoms with Gasteiger partial charge in [-0.05, 0) is 38.0 Å². The highest BCUT2D eigenvalue weighted by atomic mass is 19.1. The maximum absolute atomic E-state index is 14.4. The molecular formula is C23H27FN6O3. The van der Waals surface area contributed by atoms with Crippen molar-refractivity contribution in [2.45, 2.75) is 32.6 Å². The number of H-pyrrole nitrogens is 2. The minimum absolute atomic E-state index is 0.0692. The molecule has 5 N–H and O–H groups in total. The number of anilines is 1. The zero-order chi connectivity index (χ0) is 24.0. The lowest BCUT2D eigenvalue weighted by atomic mass is 9.76. The van der Waals surface area contributed by atoms with Crippen molar-refractivity contribution in [3.63, 3.8) is 0 Å². The monoisotopic (exact) mass is 454 g/mol. The van der Waals surface area contributed by atoms with Crippen LogP contribution in [-0.4, -0.2) is 45.4 Å². The number of benzene rings is 1. The second-order valence-corrected chi connectivity index (χ2v) is 7.96. The lowest BCUT2D eigenvalue weighted by Crippen LogP contribution is -2.28. The summed E-state index contributed by atoms with van der Waals surface area (Å²) in [6.45, 7) is 1.87. The van der Waals surface area contributed by atoms with Crippen LogP contribution in [0, 0.1) is 24.6 Å². The summed E-state index contributed by atoms with van der Waals surface area (Å²) in [5.74, 6) is -2.01. The Kier molecular flexibility index (Phi) is 7.70. The molecule has 2 atom stereocenters. The summed E-state index contributed by atoms with van der Waals surface area (Å²) in [4.78, 5) is 34.3. The number of nitrogens with two attached hydrogens (primary N) is 1. The third-order valence-corrected chi connectivity index (χ3v) is 5.72. The highest BCUT2D eigenvalue weighted by molar-refractivity contribution is 6.00. The number of nitrogens with one attached hydrogen (secondary N) is 3. The van der Waals surface area contributed by atoms with Gasteiger partial charge in [-0.1, -0.05) is 18.9 Å². The van der Waals surface area contributed by atoms with Crippen LogP contribution in [0.3, 0.4) is 0 Å². The second-order valence-electron chi connectivity index (χ2n) is 7.96. The summed E-state index contributed by atoms with van der Waals surface area (Å²) >= 11 is 0. The Labute approximate surface area is 190 Å². The van der Waals surface area contributed by atoms with Gasteiger partial charge in [-0.3, -0.25) is 19.8 Å². The molecule has 0 radical (unpaired) electrons. The molecule has 2 unspecified atom stereocenters. The van der Waals surface area contributed by atoms with Gasteiger partial charge in [0.2, 0.25) is 0 Å². The van der Waals surface area contributed by atoms with Crippen molar-refractivity contribution in [2.75, 3.05) is 12.4 Å². The molecule has 2 heterocycles. The first-order valence-electron chi connectivity index (χ1n) is 10.7. The number of ketones is 1. The third kappa shape index (κ3) is 5.51. The van der Waals surface area contributed by atoms with Crippen LogP contribution >= 0.6 is 0 Å². The minimum atomic E-state index is -0.552. The number of rotatable bonds is 6. The van der Waals surface area contributed by atoms with E-state index in [-0.39, 0.29) is 17.3 Å². The van der Waals surface area contributed by atoms with E-state index in [0.717, 1.165) is 24.8 Å². The second kappa shape index (κ2) is 10.7. The molecule has 0 bridgehead atoms. The van der Waals surface area contributed by atoms with Gasteiger partial charge in [-0.25, -0.2) is 4.39 Å². The number of primary amides is 1. The van der Waals surface area contributed by atoms with Gasteiger partial charge in [-0.15, -0.1) is 0 Å². The maximum Gasteiger partial charge on any atom is 0.268 e. The number of aromatic amines is 2. The van der Waals surface area contributed by atoms with E-state index in [2.05, 4.69) is 25.7 Å². The van der Waals surface area contributed by atoms with E-state index >= 15 is 0 Å². The molecule has 1 aliphatic rings. The number of aromatic nitrogens is 4. The van der Waals surface area contributed by atoms with E-state index in [4.69, 9.17) is 5.73 Å². The fraction of sp³-hybridized carbons (Fsp3) is 0.348. The first kappa shape index (κ1) is 23.8. The minimum Gasteiger partial charge on any atom is -0.385 e. The molecule has 10 heteroatoms. The summed E-state index contributed by atoms with van der Waals surface area (Å²) in [5.41, 5.74) is 8.13. The van der Waals surface area contributed by atoms with Gasteiger partial charge in [0.15, 0.2) is 5.78 Å². The molecule has 1 amide bonds. The number of carbonyl (C=O) groups is 3. The molecule has 0 spiro atoms. The van der Waals surface area contributed by atoms with Crippen LogP contribution in [0.5, 0.6) is 0 Å². The lowest BCUT2D eigenvalue weighted by Gasteiger charge is -2.26. The normalized spacial score (nSPS) is 17.5. The topological polar surface area (TPSA) is 147 Å². The number of aldehydes is 1. The third-order valence-electron chi connectivity index (χ3n) is 5.72. The molecule has 0 saturated heterocycles. The van der Waals surface area contributed by atoms with Gasteiger partial charge < -0.3 is 15.8 Å². The number of amides is 1. The molecule has 33 heavy (non-hydrogen) atoms. The van der Waals surface area contributed by atoms with Crippen molar-refractivity contribution >= 4 is 23.7 Å². The number of halogens is 1. The number of hydrogen-bond donors (Lipinski definition) is 4. The van der Waals surface area contributed by atoms with Crippen molar-refractivity contribution < 1.29 is 18.8 Å². The predicted octanol–water partition coefficient (Wildman–Crippen LogP) is 3.26. The van der Waals surface area contributed by atoms with E-state index in [1.54, 1.807) is 13.1 Å². The van der Waals surface area contributed by atoms with Gasteiger partial charge >= 0.3 is 0 Å². The first-order chi connectivity index (χ1) is 15.8. The number of hydrogen-bond acceptors (Lipinski definition) is 6.